The number of carbonyl (C=O) groups excluding carboxylic acids is 2. The van der Waals surface area contributed by atoms with E-state index in [4.69, 9.17) is 4.74 Å². The first kappa shape index (κ1) is 25.8. The third-order valence-corrected chi connectivity index (χ3v) is 6.59. The first-order valence-electron chi connectivity index (χ1n) is 11.7. The molecule has 1 heterocycles. The highest BCUT2D eigenvalue weighted by Gasteiger charge is 2.13. The predicted molar refractivity (Wildman–Crippen MR) is 144 cm³/mol. The lowest BCUT2D eigenvalue weighted by atomic mass is 10.2. The molecule has 0 atom stereocenters. The van der Waals surface area contributed by atoms with Gasteiger partial charge in [0.1, 0.15) is 5.75 Å². The van der Waals surface area contributed by atoms with Crippen molar-refractivity contribution in [1.29, 1.82) is 0 Å². The average molecular weight is 519 g/mol. The molecule has 0 saturated heterocycles. The molecule has 9 nitrogen and oxygen atoms in total. The zero-order chi connectivity index (χ0) is 26.2. The van der Waals surface area contributed by atoms with Crippen molar-refractivity contribution in [3.63, 3.8) is 0 Å². The van der Waals surface area contributed by atoms with E-state index < -0.39 is 4.92 Å². The predicted octanol–water partition coefficient (Wildman–Crippen LogP) is 5.11. The van der Waals surface area contributed by atoms with Crippen LogP contribution in [0.15, 0.2) is 83.9 Å². The summed E-state index contributed by atoms with van der Waals surface area (Å²) in [6.45, 7) is 3.29. The molecule has 1 aromatic heterocycles. The molecular formula is C27H26N4O5S. The minimum Gasteiger partial charge on any atom is -0.492 e. The molecule has 4 rings (SSSR count). The van der Waals surface area contributed by atoms with Gasteiger partial charge in [-0.15, -0.1) is 11.8 Å². The van der Waals surface area contributed by atoms with E-state index in [9.17, 15) is 19.7 Å². The summed E-state index contributed by atoms with van der Waals surface area (Å²) < 4.78 is 7.61. The Morgan fingerprint density at radius 2 is 1.76 bits per heavy atom. The number of ether oxygens (including phenoxy) is 1. The molecule has 37 heavy (non-hydrogen) atoms. The van der Waals surface area contributed by atoms with Crippen LogP contribution in [0.25, 0.3) is 10.9 Å². The number of benzene rings is 3. The van der Waals surface area contributed by atoms with Gasteiger partial charge in [-0.05, 0) is 37.3 Å². The molecule has 0 fully saturated rings. The highest BCUT2D eigenvalue weighted by Crippen LogP contribution is 2.30. The number of rotatable bonds is 11. The molecule has 0 aliphatic carbocycles. The van der Waals surface area contributed by atoms with Crippen LogP contribution >= 0.6 is 11.8 Å². The van der Waals surface area contributed by atoms with Crippen molar-refractivity contribution in [3.8, 4) is 5.75 Å². The Hall–Kier alpha value is -4.31. The van der Waals surface area contributed by atoms with Gasteiger partial charge in [-0.1, -0.05) is 30.3 Å². The van der Waals surface area contributed by atoms with Crippen molar-refractivity contribution in [1.82, 2.24) is 9.88 Å². The number of non-ortho nitro benzene ring substituents is 1. The first-order valence-corrected chi connectivity index (χ1v) is 12.7. The molecule has 0 aliphatic heterocycles. The van der Waals surface area contributed by atoms with Crippen LogP contribution in [0, 0.1) is 10.1 Å². The number of nitrogens with zero attached hydrogens (tertiary/aromatic N) is 2. The van der Waals surface area contributed by atoms with Gasteiger partial charge in [0.25, 0.3) is 11.6 Å². The van der Waals surface area contributed by atoms with E-state index in [1.54, 1.807) is 0 Å². The maximum atomic E-state index is 12.6. The molecule has 190 valence electrons. The zero-order valence-electron chi connectivity index (χ0n) is 20.2. The smallest absolute Gasteiger partial charge is 0.269 e. The van der Waals surface area contributed by atoms with E-state index >= 15 is 0 Å². The van der Waals surface area contributed by atoms with Gasteiger partial charge in [-0.2, -0.15) is 0 Å². The van der Waals surface area contributed by atoms with Gasteiger partial charge in [0.2, 0.25) is 5.91 Å². The van der Waals surface area contributed by atoms with E-state index in [1.807, 2.05) is 66.2 Å². The SMILES string of the molecule is CCOc1ccccc1NC(=O)CSc1cn(CCNC(=O)c2ccc([N+](=O)[O-])cc2)c2ccccc12. The van der Waals surface area contributed by atoms with Crippen LogP contribution < -0.4 is 15.4 Å². The topological polar surface area (TPSA) is 116 Å². The number of nitro groups is 1. The molecule has 4 aromatic rings. The largest absolute Gasteiger partial charge is 0.492 e. The molecule has 2 N–H and O–H groups in total. The molecule has 0 radical (unpaired) electrons. The Balaban J connectivity index is 1.37. The zero-order valence-corrected chi connectivity index (χ0v) is 21.0. The maximum Gasteiger partial charge on any atom is 0.269 e. The number of thioether (sulfide) groups is 1. The van der Waals surface area contributed by atoms with Crippen LogP contribution in [-0.4, -0.2) is 40.2 Å². The van der Waals surface area contributed by atoms with E-state index in [2.05, 4.69) is 10.6 Å². The summed E-state index contributed by atoms with van der Waals surface area (Å²) in [6, 6.07) is 20.7. The average Bonchev–Trinajstić information content (AvgIpc) is 3.26. The van der Waals surface area contributed by atoms with Crippen LogP contribution in [0.3, 0.4) is 0 Å². The molecule has 2 amide bonds. The van der Waals surface area contributed by atoms with Gasteiger partial charge >= 0.3 is 0 Å². The summed E-state index contributed by atoms with van der Waals surface area (Å²) in [4.78, 5) is 36.3. The standard InChI is InChI=1S/C27H26N4O5S/c1-2-36-24-10-6-4-8-22(24)29-26(32)18-37-25-17-30(23-9-5-3-7-21(23)25)16-15-28-27(33)19-11-13-20(14-12-19)31(34)35/h3-14,17H,2,15-16,18H2,1H3,(H,28,33)(H,29,32). The van der Waals surface area contributed by atoms with Crippen molar-refractivity contribution in [2.75, 3.05) is 24.2 Å². The van der Waals surface area contributed by atoms with Gasteiger partial charge in [0.05, 0.1) is 23.0 Å². The highest BCUT2D eigenvalue weighted by atomic mass is 32.2. The molecule has 0 aliphatic rings. The molecule has 0 unspecified atom stereocenters. The van der Waals surface area contributed by atoms with Gasteiger partial charge in [0.15, 0.2) is 0 Å². The van der Waals surface area contributed by atoms with Crippen molar-refractivity contribution in [3.05, 3.63) is 94.7 Å². The second-order valence-electron chi connectivity index (χ2n) is 8.03. The second kappa shape index (κ2) is 12.1. The van der Waals surface area contributed by atoms with Gasteiger partial charge in [-0.3, -0.25) is 19.7 Å². The molecule has 0 bridgehead atoms. The second-order valence-corrected chi connectivity index (χ2v) is 9.05. The molecular weight excluding hydrogens is 492 g/mol. The number of para-hydroxylation sites is 3. The summed E-state index contributed by atoms with van der Waals surface area (Å²) in [5, 5.41) is 17.6. The highest BCUT2D eigenvalue weighted by molar-refractivity contribution is 8.00. The van der Waals surface area contributed by atoms with Crippen molar-refractivity contribution in [2.24, 2.45) is 0 Å². The fourth-order valence-electron chi connectivity index (χ4n) is 3.82. The summed E-state index contributed by atoms with van der Waals surface area (Å²) in [5.41, 5.74) is 1.93. The van der Waals surface area contributed by atoms with E-state index in [0.29, 0.717) is 36.7 Å². The van der Waals surface area contributed by atoms with Crippen LogP contribution in [0.1, 0.15) is 17.3 Å². The quantitative estimate of drug-likeness (QED) is 0.162. The Morgan fingerprint density at radius 1 is 1.03 bits per heavy atom. The number of nitro benzene ring substituents is 1. The van der Waals surface area contributed by atoms with E-state index in [-0.39, 0.29) is 23.3 Å². The normalized spacial score (nSPS) is 10.7. The number of anilines is 1. The van der Waals surface area contributed by atoms with E-state index in [0.717, 1.165) is 15.8 Å². The number of aromatic nitrogens is 1. The Labute approximate surface area is 218 Å². The van der Waals surface area contributed by atoms with Gasteiger partial charge in [0, 0.05) is 52.8 Å². The number of carbonyl (C=O) groups is 2. The molecule has 0 saturated carbocycles. The lowest BCUT2D eigenvalue weighted by Crippen LogP contribution is -2.27. The monoisotopic (exact) mass is 518 g/mol. The Morgan fingerprint density at radius 3 is 2.51 bits per heavy atom. The number of hydrogen-bond donors (Lipinski definition) is 2. The first-order chi connectivity index (χ1) is 18.0. The van der Waals surface area contributed by atoms with Crippen LogP contribution in [0.5, 0.6) is 5.75 Å². The van der Waals surface area contributed by atoms with E-state index in [1.165, 1.54) is 36.0 Å². The Bertz CT molecular complexity index is 1420. The maximum absolute atomic E-state index is 12.6. The minimum atomic E-state index is -0.502. The van der Waals surface area contributed by atoms with Crippen LogP contribution in [0.2, 0.25) is 0 Å². The number of amides is 2. The lowest BCUT2D eigenvalue weighted by molar-refractivity contribution is -0.384. The fourth-order valence-corrected chi connectivity index (χ4v) is 4.71. The molecule has 3 aromatic carbocycles. The molecule has 10 heteroatoms. The summed E-state index contributed by atoms with van der Waals surface area (Å²) in [5.74, 6) is 0.427. The van der Waals surface area contributed by atoms with Crippen LogP contribution in [0.4, 0.5) is 11.4 Å². The van der Waals surface area contributed by atoms with Crippen molar-refractivity contribution >= 4 is 45.9 Å². The number of nitrogens with one attached hydrogen (secondary N) is 2. The Kier molecular flexibility index (Phi) is 8.42. The van der Waals surface area contributed by atoms with Gasteiger partial charge < -0.3 is 19.9 Å². The minimum absolute atomic E-state index is 0.0624. The summed E-state index contributed by atoms with van der Waals surface area (Å²) >= 11 is 1.44. The fraction of sp³-hybridized carbons (Fsp3) is 0.185. The third kappa shape index (κ3) is 6.47. The summed E-state index contributed by atoms with van der Waals surface area (Å²) in [6.07, 6.45) is 1.98. The number of fused-ring (bicyclic) bond motifs is 1. The van der Waals surface area contributed by atoms with Crippen LogP contribution in [-0.2, 0) is 11.3 Å². The van der Waals surface area contributed by atoms with Crippen molar-refractivity contribution < 1.29 is 19.2 Å². The summed E-state index contributed by atoms with van der Waals surface area (Å²) in [7, 11) is 0. The van der Waals surface area contributed by atoms with Gasteiger partial charge in [-0.25, -0.2) is 0 Å². The molecule has 0 spiro atoms. The lowest BCUT2D eigenvalue weighted by Gasteiger charge is -2.11. The third-order valence-electron chi connectivity index (χ3n) is 5.55. The number of hydrogen-bond acceptors (Lipinski definition) is 6. The van der Waals surface area contributed by atoms with Crippen molar-refractivity contribution in [2.45, 2.75) is 18.4 Å².